The van der Waals surface area contributed by atoms with E-state index in [1.165, 1.54) is 16.5 Å². The van der Waals surface area contributed by atoms with E-state index >= 15 is 0 Å². The highest BCUT2D eigenvalue weighted by Gasteiger charge is 2.31. The van der Waals surface area contributed by atoms with Crippen molar-refractivity contribution in [2.75, 3.05) is 7.05 Å². The third-order valence-electron chi connectivity index (χ3n) is 8.51. The SMILES string of the molecule is CN1C(c2cc(-c3ccncc3)cc(-c3ccc(-c4ccccn4)nc3)c2)=Nc2c(ccc3ccccc23)C1c1ccccc1. The van der Waals surface area contributed by atoms with Crippen LogP contribution in [0.25, 0.3) is 44.4 Å². The van der Waals surface area contributed by atoms with Crippen molar-refractivity contribution in [1.29, 1.82) is 0 Å². The fourth-order valence-electron chi connectivity index (χ4n) is 6.30. The molecule has 0 fully saturated rings. The second kappa shape index (κ2) is 11.3. The van der Waals surface area contributed by atoms with E-state index in [9.17, 15) is 0 Å². The number of amidine groups is 1. The van der Waals surface area contributed by atoms with Gasteiger partial charge in [-0.1, -0.05) is 78.9 Å². The van der Waals surface area contributed by atoms with E-state index in [0.717, 1.165) is 56.1 Å². The standard InChI is InChI=1S/C40H29N5/c1-45-39(29-10-3-2-4-11-29)35-16-14-28-9-5-6-12-34(28)38(35)44-40(45)33-24-31(27-18-21-41-22-19-27)23-32(25-33)30-15-17-37(43-26-30)36-13-7-8-20-42-36/h2-26,39H,1H3. The largest absolute Gasteiger partial charge is 0.348 e. The molecule has 214 valence electrons. The summed E-state index contributed by atoms with van der Waals surface area (Å²) in [5.41, 5.74) is 10.5. The van der Waals surface area contributed by atoms with Crippen molar-refractivity contribution in [2.45, 2.75) is 6.04 Å². The zero-order valence-corrected chi connectivity index (χ0v) is 24.7. The van der Waals surface area contributed by atoms with Crippen molar-refractivity contribution >= 4 is 22.3 Å². The molecule has 0 spiro atoms. The smallest absolute Gasteiger partial charge is 0.137 e. The minimum absolute atomic E-state index is 0.00524. The molecule has 0 aliphatic carbocycles. The molecule has 5 heteroatoms. The van der Waals surface area contributed by atoms with Gasteiger partial charge in [-0.05, 0) is 76.2 Å². The van der Waals surface area contributed by atoms with Crippen molar-refractivity contribution in [2.24, 2.45) is 4.99 Å². The minimum atomic E-state index is 0.00524. The summed E-state index contributed by atoms with van der Waals surface area (Å²) in [6.45, 7) is 0. The van der Waals surface area contributed by atoms with Crippen LogP contribution in [0, 0.1) is 0 Å². The van der Waals surface area contributed by atoms with Crippen molar-refractivity contribution < 1.29 is 0 Å². The maximum absolute atomic E-state index is 5.43. The molecule has 4 heterocycles. The molecule has 7 aromatic rings. The van der Waals surface area contributed by atoms with Crippen LogP contribution in [0.5, 0.6) is 0 Å². The quantitative estimate of drug-likeness (QED) is 0.204. The molecule has 0 amide bonds. The number of nitrogens with zero attached hydrogens (tertiary/aromatic N) is 5. The van der Waals surface area contributed by atoms with E-state index in [4.69, 9.17) is 9.98 Å². The number of hydrogen-bond acceptors (Lipinski definition) is 5. The van der Waals surface area contributed by atoms with Crippen LogP contribution in [0.15, 0.2) is 157 Å². The third-order valence-corrected chi connectivity index (χ3v) is 8.51. The molecule has 5 nitrogen and oxygen atoms in total. The van der Waals surface area contributed by atoms with Crippen LogP contribution in [0.1, 0.15) is 22.7 Å². The summed E-state index contributed by atoms with van der Waals surface area (Å²) in [5, 5.41) is 2.34. The Balaban J connectivity index is 1.32. The van der Waals surface area contributed by atoms with Gasteiger partial charge in [-0.25, -0.2) is 4.99 Å². The third kappa shape index (κ3) is 4.94. The molecule has 4 aromatic carbocycles. The summed E-state index contributed by atoms with van der Waals surface area (Å²) in [7, 11) is 2.15. The molecule has 45 heavy (non-hydrogen) atoms. The lowest BCUT2D eigenvalue weighted by atomic mass is 9.90. The lowest BCUT2D eigenvalue weighted by molar-refractivity contribution is 0.422. The summed E-state index contributed by atoms with van der Waals surface area (Å²) in [6, 6.07) is 44.5. The van der Waals surface area contributed by atoms with Gasteiger partial charge in [0.25, 0.3) is 0 Å². The minimum Gasteiger partial charge on any atom is -0.348 e. The van der Waals surface area contributed by atoms with Gasteiger partial charge < -0.3 is 4.90 Å². The Bertz CT molecular complexity index is 2160. The van der Waals surface area contributed by atoms with Crippen LogP contribution >= 0.6 is 0 Å². The Morgan fingerprint density at radius 1 is 0.556 bits per heavy atom. The van der Waals surface area contributed by atoms with Crippen LogP contribution in [0.3, 0.4) is 0 Å². The van der Waals surface area contributed by atoms with Crippen molar-refractivity contribution in [1.82, 2.24) is 19.9 Å². The number of aromatic nitrogens is 3. The van der Waals surface area contributed by atoms with Gasteiger partial charge >= 0.3 is 0 Å². The number of hydrogen-bond donors (Lipinski definition) is 0. The van der Waals surface area contributed by atoms with Gasteiger partial charge in [0.2, 0.25) is 0 Å². The number of benzene rings is 4. The first-order chi connectivity index (χ1) is 22.2. The molecule has 0 saturated carbocycles. The average Bonchev–Trinajstić information content (AvgIpc) is 3.12. The summed E-state index contributed by atoms with van der Waals surface area (Å²) >= 11 is 0. The normalized spacial score (nSPS) is 14.2. The lowest BCUT2D eigenvalue weighted by Gasteiger charge is -2.36. The molecular formula is C40H29N5. The predicted molar refractivity (Wildman–Crippen MR) is 182 cm³/mol. The van der Waals surface area contributed by atoms with Crippen LogP contribution < -0.4 is 0 Å². The molecule has 0 saturated heterocycles. The Morgan fingerprint density at radius 2 is 1.29 bits per heavy atom. The highest BCUT2D eigenvalue weighted by molar-refractivity contribution is 6.07. The van der Waals surface area contributed by atoms with Gasteiger partial charge in [0.15, 0.2) is 0 Å². The Hall–Kier alpha value is -5.94. The number of aliphatic imine (C=N–C) groups is 1. The van der Waals surface area contributed by atoms with Crippen LogP contribution in [-0.2, 0) is 0 Å². The van der Waals surface area contributed by atoms with Crippen molar-refractivity contribution in [3.63, 3.8) is 0 Å². The first-order valence-corrected chi connectivity index (χ1v) is 15.0. The van der Waals surface area contributed by atoms with Gasteiger partial charge in [0, 0.05) is 53.9 Å². The fraction of sp³-hybridized carbons (Fsp3) is 0.0500. The van der Waals surface area contributed by atoms with Crippen molar-refractivity contribution in [3.8, 4) is 33.6 Å². The summed E-state index contributed by atoms with van der Waals surface area (Å²) in [4.78, 5) is 21.3. The van der Waals surface area contributed by atoms with E-state index in [1.54, 1.807) is 6.20 Å². The monoisotopic (exact) mass is 579 g/mol. The number of pyridine rings is 3. The van der Waals surface area contributed by atoms with Crippen LogP contribution in [0.2, 0.25) is 0 Å². The van der Waals surface area contributed by atoms with Gasteiger partial charge in [-0.2, -0.15) is 0 Å². The molecule has 8 rings (SSSR count). The second-order valence-electron chi connectivity index (χ2n) is 11.3. The molecule has 0 N–H and O–H groups in total. The highest BCUT2D eigenvalue weighted by atomic mass is 15.2. The van der Waals surface area contributed by atoms with Gasteiger partial charge in [0.05, 0.1) is 23.1 Å². The zero-order chi connectivity index (χ0) is 30.2. The van der Waals surface area contributed by atoms with Gasteiger partial charge in [0.1, 0.15) is 5.84 Å². The summed E-state index contributed by atoms with van der Waals surface area (Å²) in [5.74, 6) is 0.919. The molecule has 0 bridgehead atoms. The Morgan fingerprint density at radius 3 is 2.07 bits per heavy atom. The highest BCUT2D eigenvalue weighted by Crippen LogP contribution is 2.44. The second-order valence-corrected chi connectivity index (χ2v) is 11.3. The first-order valence-electron chi connectivity index (χ1n) is 15.0. The molecule has 3 aromatic heterocycles. The number of fused-ring (bicyclic) bond motifs is 3. The average molecular weight is 580 g/mol. The fourth-order valence-corrected chi connectivity index (χ4v) is 6.30. The molecule has 1 unspecified atom stereocenters. The Labute approximate surface area is 262 Å². The van der Waals surface area contributed by atoms with Gasteiger partial charge in [-0.15, -0.1) is 0 Å². The summed E-state index contributed by atoms with van der Waals surface area (Å²) in [6.07, 6.45) is 7.40. The molecule has 1 atom stereocenters. The van der Waals surface area contributed by atoms with E-state index in [1.807, 2.05) is 55.0 Å². The van der Waals surface area contributed by atoms with Crippen LogP contribution in [-0.4, -0.2) is 32.7 Å². The maximum Gasteiger partial charge on any atom is 0.137 e. The van der Waals surface area contributed by atoms with Gasteiger partial charge in [-0.3, -0.25) is 15.0 Å². The van der Waals surface area contributed by atoms with E-state index < -0.39 is 0 Å². The molecular weight excluding hydrogens is 550 g/mol. The van der Waals surface area contributed by atoms with E-state index in [2.05, 4.69) is 113 Å². The molecule has 1 aliphatic heterocycles. The topological polar surface area (TPSA) is 54.3 Å². The summed E-state index contributed by atoms with van der Waals surface area (Å²) < 4.78 is 0. The molecule has 1 aliphatic rings. The number of rotatable bonds is 5. The Kier molecular flexibility index (Phi) is 6.69. The maximum atomic E-state index is 5.43. The van der Waals surface area contributed by atoms with Crippen LogP contribution in [0.4, 0.5) is 5.69 Å². The van der Waals surface area contributed by atoms with E-state index in [-0.39, 0.29) is 6.04 Å². The lowest BCUT2D eigenvalue weighted by Crippen LogP contribution is -2.35. The predicted octanol–water partition coefficient (Wildman–Crippen LogP) is 9.14. The zero-order valence-electron chi connectivity index (χ0n) is 24.7. The first kappa shape index (κ1) is 26.7. The molecule has 0 radical (unpaired) electrons. The van der Waals surface area contributed by atoms with Crippen molar-refractivity contribution in [3.05, 3.63) is 169 Å². The van der Waals surface area contributed by atoms with E-state index in [0.29, 0.717) is 0 Å².